The molecule has 0 bridgehead atoms. The van der Waals surface area contributed by atoms with E-state index in [-0.39, 0.29) is 17.9 Å². The second-order valence-corrected chi connectivity index (χ2v) is 6.18. The number of aryl methyl sites for hydroxylation is 1. The normalized spacial score (nSPS) is 19.4. The van der Waals surface area contributed by atoms with Gasteiger partial charge in [0.15, 0.2) is 5.82 Å². The first-order valence-corrected chi connectivity index (χ1v) is 7.73. The topological polar surface area (TPSA) is 79.5 Å². The molecule has 0 aromatic carbocycles. The van der Waals surface area contributed by atoms with Gasteiger partial charge in [-0.1, -0.05) is 19.0 Å². The molecular weight excluding hydrogens is 284 g/mol. The molecule has 0 saturated carbocycles. The Labute approximate surface area is 130 Å². The minimum atomic E-state index is -0.254. The number of aromatic nitrogens is 2. The molecule has 1 aromatic heterocycles. The maximum atomic E-state index is 12.3. The molecule has 0 N–H and O–H groups in total. The Hall–Kier alpha value is -1.92. The van der Waals surface area contributed by atoms with Crippen LogP contribution >= 0.6 is 0 Å². The van der Waals surface area contributed by atoms with E-state index in [0.29, 0.717) is 50.1 Å². The van der Waals surface area contributed by atoms with E-state index in [0.717, 1.165) is 0 Å². The SMILES string of the molecule is CC(=O)N1CCN(C(=O)CC(C)C)CCC1c1nc(C)no1. The van der Waals surface area contributed by atoms with Crippen molar-refractivity contribution in [2.45, 2.75) is 46.6 Å². The molecule has 1 aliphatic rings. The van der Waals surface area contributed by atoms with E-state index in [4.69, 9.17) is 4.52 Å². The van der Waals surface area contributed by atoms with Crippen LogP contribution in [0.25, 0.3) is 0 Å². The van der Waals surface area contributed by atoms with Gasteiger partial charge >= 0.3 is 0 Å². The van der Waals surface area contributed by atoms with Crippen LogP contribution in [0.3, 0.4) is 0 Å². The summed E-state index contributed by atoms with van der Waals surface area (Å²) in [6, 6.07) is -0.254. The summed E-state index contributed by atoms with van der Waals surface area (Å²) in [6.07, 6.45) is 1.15. The Bertz CT molecular complexity index is 541. The Morgan fingerprint density at radius 3 is 2.59 bits per heavy atom. The first kappa shape index (κ1) is 16.5. The van der Waals surface area contributed by atoms with Gasteiger partial charge in [0.05, 0.1) is 0 Å². The van der Waals surface area contributed by atoms with Gasteiger partial charge < -0.3 is 14.3 Å². The van der Waals surface area contributed by atoms with Crippen molar-refractivity contribution in [2.24, 2.45) is 5.92 Å². The van der Waals surface area contributed by atoms with E-state index < -0.39 is 0 Å². The van der Waals surface area contributed by atoms with Crippen molar-refractivity contribution in [1.29, 1.82) is 0 Å². The lowest BCUT2D eigenvalue weighted by molar-refractivity contribution is -0.134. The molecule has 2 amide bonds. The number of hydrogen-bond acceptors (Lipinski definition) is 5. The zero-order valence-electron chi connectivity index (χ0n) is 13.7. The summed E-state index contributed by atoms with van der Waals surface area (Å²) in [7, 11) is 0. The van der Waals surface area contributed by atoms with Gasteiger partial charge in [-0.05, 0) is 19.3 Å². The molecule has 0 spiro atoms. The van der Waals surface area contributed by atoms with E-state index in [9.17, 15) is 9.59 Å². The van der Waals surface area contributed by atoms with Crippen LogP contribution in [-0.4, -0.2) is 51.4 Å². The number of hydrogen-bond donors (Lipinski definition) is 0. The van der Waals surface area contributed by atoms with Gasteiger partial charge in [0.2, 0.25) is 17.7 Å². The maximum Gasteiger partial charge on any atom is 0.249 e. The lowest BCUT2D eigenvalue weighted by Gasteiger charge is -2.25. The van der Waals surface area contributed by atoms with Crippen molar-refractivity contribution >= 4 is 11.8 Å². The number of carbonyl (C=O) groups is 2. The van der Waals surface area contributed by atoms with Gasteiger partial charge in [-0.3, -0.25) is 9.59 Å². The predicted octanol–water partition coefficient (Wildman–Crippen LogP) is 1.55. The highest BCUT2D eigenvalue weighted by molar-refractivity contribution is 5.77. The average molecular weight is 308 g/mol. The zero-order valence-corrected chi connectivity index (χ0v) is 13.7. The molecular formula is C15H24N4O3. The van der Waals surface area contributed by atoms with Crippen LogP contribution < -0.4 is 0 Å². The predicted molar refractivity (Wildman–Crippen MR) is 79.8 cm³/mol. The van der Waals surface area contributed by atoms with Gasteiger partial charge in [0, 0.05) is 33.0 Å². The molecule has 22 heavy (non-hydrogen) atoms. The minimum Gasteiger partial charge on any atom is -0.341 e. The van der Waals surface area contributed by atoms with Crippen LogP contribution in [0.5, 0.6) is 0 Å². The molecule has 0 aliphatic carbocycles. The second kappa shape index (κ2) is 6.89. The number of carbonyl (C=O) groups excluding carboxylic acids is 2. The standard InChI is InChI=1S/C15H24N4O3/c1-10(2)9-14(21)18-6-5-13(15-16-11(3)17-22-15)19(8-7-18)12(4)20/h10,13H,5-9H2,1-4H3. The molecule has 0 radical (unpaired) electrons. The van der Waals surface area contributed by atoms with Gasteiger partial charge in [-0.25, -0.2) is 0 Å². The average Bonchev–Trinajstić information content (AvgIpc) is 2.73. The highest BCUT2D eigenvalue weighted by atomic mass is 16.5. The summed E-state index contributed by atoms with van der Waals surface area (Å²) >= 11 is 0. The molecule has 1 unspecified atom stereocenters. The largest absolute Gasteiger partial charge is 0.341 e. The zero-order chi connectivity index (χ0) is 16.3. The van der Waals surface area contributed by atoms with Gasteiger partial charge in [0.1, 0.15) is 6.04 Å². The van der Waals surface area contributed by atoms with E-state index in [1.165, 1.54) is 6.92 Å². The van der Waals surface area contributed by atoms with E-state index in [1.54, 1.807) is 11.8 Å². The Balaban J connectivity index is 2.14. The van der Waals surface area contributed by atoms with Crippen LogP contribution in [0.15, 0.2) is 4.52 Å². The van der Waals surface area contributed by atoms with E-state index in [1.807, 2.05) is 18.7 Å². The van der Waals surface area contributed by atoms with E-state index >= 15 is 0 Å². The molecule has 1 fully saturated rings. The number of rotatable bonds is 3. The van der Waals surface area contributed by atoms with Gasteiger partial charge in [0.25, 0.3) is 0 Å². The Kier molecular flexibility index (Phi) is 5.15. The quantitative estimate of drug-likeness (QED) is 0.846. The number of nitrogens with zero attached hydrogens (tertiary/aromatic N) is 4. The third kappa shape index (κ3) is 3.84. The molecule has 1 aliphatic heterocycles. The third-order valence-electron chi connectivity index (χ3n) is 3.83. The Morgan fingerprint density at radius 1 is 1.32 bits per heavy atom. The molecule has 1 atom stereocenters. The lowest BCUT2D eigenvalue weighted by atomic mass is 10.1. The van der Waals surface area contributed by atoms with Crippen LogP contribution in [0.2, 0.25) is 0 Å². The van der Waals surface area contributed by atoms with Gasteiger partial charge in [-0.2, -0.15) is 4.98 Å². The molecule has 2 heterocycles. The fraction of sp³-hybridized carbons (Fsp3) is 0.733. The maximum absolute atomic E-state index is 12.3. The summed E-state index contributed by atoms with van der Waals surface area (Å²) in [5.41, 5.74) is 0. The lowest BCUT2D eigenvalue weighted by Crippen LogP contribution is -2.37. The molecule has 7 nitrogen and oxygen atoms in total. The van der Waals surface area contributed by atoms with Crippen molar-refractivity contribution in [2.75, 3.05) is 19.6 Å². The van der Waals surface area contributed by atoms with Crippen molar-refractivity contribution in [1.82, 2.24) is 19.9 Å². The van der Waals surface area contributed by atoms with Crippen molar-refractivity contribution in [3.8, 4) is 0 Å². The Morgan fingerprint density at radius 2 is 2.05 bits per heavy atom. The molecule has 1 aromatic rings. The first-order valence-electron chi connectivity index (χ1n) is 7.73. The summed E-state index contributed by atoms with van der Waals surface area (Å²) < 4.78 is 5.24. The third-order valence-corrected chi connectivity index (χ3v) is 3.83. The van der Waals surface area contributed by atoms with Crippen LogP contribution in [-0.2, 0) is 9.59 Å². The van der Waals surface area contributed by atoms with Crippen molar-refractivity contribution in [3.05, 3.63) is 11.7 Å². The molecule has 122 valence electrons. The van der Waals surface area contributed by atoms with Crippen molar-refractivity contribution in [3.63, 3.8) is 0 Å². The van der Waals surface area contributed by atoms with Crippen LogP contribution in [0, 0.1) is 12.8 Å². The van der Waals surface area contributed by atoms with Crippen LogP contribution in [0.4, 0.5) is 0 Å². The monoisotopic (exact) mass is 308 g/mol. The molecule has 7 heteroatoms. The first-order chi connectivity index (χ1) is 10.4. The van der Waals surface area contributed by atoms with Crippen molar-refractivity contribution < 1.29 is 14.1 Å². The smallest absolute Gasteiger partial charge is 0.249 e. The fourth-order valence-electron chi connectivity index (χ4n) is 2.74. The molecule has 2 rings (SSSR count). The van der Waals surface area contributed by atoms with E-state index in [2.05, 4.69) is 10.1 Å². The summed E-state index contributed by atoms with van der Waals surface area (Å²) in [5, 5.41) is 3.81. The second-order valence-electron chi connectivity index (χ2n) is 6.18. The van der Waals surface area contributed by atoms with Crippen LogP contribution in [0.1, 0.15) is 51.4 Å². The molecule has 1 saturated heterocycles. The fourth-order valence-corrected chi connectivity index (χ4v) is 2.74. The minimum absolute atomic E-state index is 0.0426. The summed E-state index contributed by atoms with van der Waals surface area (Å²) in [5.74, 6) is 1.43. The summed E-state index contributed by atoms with van der Waals surface area (Å²) in [6.45, 7) is 8.98. The highest BCUT2D eigenvalue weighted by Crippen LogP contribution is 2.26. The van der Waals surface area contributed by atoms with Gasteiger partial charge in [-0.15, -0.1) is 0 Å². The summed E-state index contributed by atoms with van der Waals surface area (Å²) in [4.78, 5) is 32.0. The number of amides is 2. The highest BCUT2D eigenvalue weighted by Gasteiger charge is 2.32.